The summed E-state index contributed by atoms with van der Waals surface area (Å²) in [5, 5.41) is 3.07. The van der Waals surface area contributed by atoms with Crippen molar-refractivity contribution in [3.8, 4) is 0 Å². The van der Waals surface area contributed by atoms with Crippen LogP contribution in [0.4, 0.5) is 0 Å². The Morgan fingerprint density at radius 1 is 1.22 bits per heavy atom. The lowest BCUT2D eigenvalue weighted by atomic mass is 10.0. The Bertz CT molecular complexity index is 422. The van der Waals surface area contributed by atoms with E-state index in [-0.39, 0.29) is 18.0 Å². The molecular formula is C14H19BrN2O. The molecule has 18 heavy (non-hydrogen) atoms. The molecule has 98 valence electrons. The molecule has 0 bridgehead atoms. The Morgan fingerprint density at radius 2 is 1.94 bits per heavy atom. The number of hydrogen-bond donors (Lipinski definition) is 2. The molecule has 4 heteroatoms. The van der Waals surface area contributed by atoms with Crippen molar-refractivity contribution in [1.82, 2.24) is 5.32 Å². The van der Waals surface area contributed by atoms with E-state index in [9.17, 15) is 4.79 Å². The van der Waals surface area contributed by atoms with E-state index < -0.39 is 0 Å². The van der Waals surface area contributed by atoms with Gasteiger partial charge in [-0.3, -0.25) is 4.79 Å². The summed E-state index contributed by atoms with van der Waals surface area (Å²) in [6, 6.07) is 7.65. The molecule has 1 aliphatic rings. The quantitative estimate of drug-likeness (QED) is 0.825. The molecular weight excluding hydrogens is 292 g/mol. The molecule has 0 heterocycles. The van der Waals surface area contributed by atoms with Crippen molar-refractivity contribution in [3.63, 3.8) is 0 Å². The molecule has 1 aliphatic carbocycles. The van der Waals surface area contributed by atoms with Crippen LogP contribution >= 0.6 is 15.9 Å². The second-order valence-corrected chi connectivity index (χ2v) is 5.72. The predicted molar refractivity (Wildman–Crippen MR) is 76.5 cm³/mol. The first-order valence-corrected chi connectivity index (χ1v) is 7.29. The topological polar surface area (TPSA) is 55.1 Å². The molecule has 3 nitrogen and oxygen atoms in total. The van der Waals surface area contributed by atoms with E-state index in [4.69, 9.17) is 5.73 Å². The van der Waals surface area contributed by atoms with Crippen molar-refractivity contribution >= 4 is 21.8 Å². The largest absolute Gasteiger partial charge is 0.348 e. The highest BCUT2D eigenvalue weighted by Crippen LogP contribution is 2.19. The summed E-state index contributed by atoms with van der Waals surface area (Å²) >= 11 is 3.40. The van der Waals surface area contributed by atoms with Gasteiger partial charge in [0.05, 0.1) is 5.56 Å². The monoisotopic (exact) mass is 310 g/mol. The second-order valence-electron chi connectivity index (χ2n) is 4.86. The number of nitrogens with two attached hydrogens (primary N) is 1. The Morgan fingerprint density at radius 3 is 2.72 bits per heavy atom. The fourth-order valence-corrected chi connectivity index (χ4v) is 2.87. The van der Waals surface area contributed by atoms with Gasteiger partial charge in [0.15, 0.2) is 0 Å². The molecule has 2 rings (SSSR count). The summed E-state index contributed by atoms with van der Waals surface area (Å²) in [4.78, 5) is 12.2. The Kier molecular flexibility index (Phi) is 4.78. The molecule has 0 spiro atoms. The van der Waals surface area contributed by atoms with Gasteiger partial charge < -0.3 is 11.1 Å². The van der Waals surface area contributed by atoms with Gasteiger partial charge in [-0.25, -0.2) is 0 Å². The molecule has 0 saturated heterocycles. The summed E-state index contributed by atoms with van der Waals surface area (Å²) in [7, 11) is 0. The van der Waals surface area contributed by atoms with Gasteiger partial charge in [-0.05, 0) is 40.9 Å². The van der Waals surface area contributed by atoms with Crippen LogP contribution in [0, 0.1) is 0 Å². The fraction of sp³-hybridized carbons (Fsp3) is 0.500. The number of hydrogen-bond acceptors (Lipinski definition) is 2. The van der Waals surface area contributed by atoms with Crippen LogP contribution in [-0.4, -0.2) is 18.0 Å². The van der Waals surface area contributed by atoms with Crippen LogP contribution in [0.2, 0.25) is 0 Å². The van der Waals surface area contributed by atoms with Crippen molar-refractivity contribution < 1.29 is 4.79 Å². The van der Waals surface area contributed by atoms with E-state index in [0.717, 1.165) is 23.7 Å². The van der Waals surface area contributed by atoms with E-state index in [1.165, 1.54) is 12.8 Å². The average molecular weight is 311 g/mol. The molecule has 2 unspecified atom stereocenters. The number of benzene rings is 1. The highest BCUT2D eigenvalue weighted by atomic mass is 79.9. The minimum Gasteiger partial charge on any atom is -0.348 e. The van der Waals surface area contributed by atoms with Gasteiger partial charge in [0.25, 0.3) is 5.91 Å². The summed E-state index contributed by atoms with van der Waals surface area (Å²) in [6.45, 7) is 0. The number of nitrogens with one attached hydrogen (secondary N) is 1. The van der Waals surface area contributed by atoms with Crippen molar-refractivity contribution in [2.24, 2.45) is 5.73 Å². The van der Waals surface area contributed by atoms with Crippen LogP contribution in [0.3, 0.4) is 0 Å². The van der Waals surface area contributed by atoms with E-state index in [1.54, 1.807) is 0 Å². The molecule has 1 saturated carbocycles. The van der Waals surface area contributed by atoms with Gasteiger partial charge >= 0.3 is 0 Å². The molecule has 3 N–H and O–H groups in total. The lowest BCUT2D eigenvalue weighted by Gasteiger charge is -2.22. The third-order valence-electron chi connectivity index (χ3n) is 3.50. The van der Waals surface area contributed by atoms with Crippen LogP contribution in [0.25, 0.3) is 0 Å². The Balaban J connectivity index is 2.04. The highest BCUT2D eigenvalue weighted by molar-refractivity contribution is 9.10. The first-order chi connectivity index (χ1) is 8.68. The number of carbonyl (C=O) groups is 1. The van der Waals surface area contributed by atoms with E-state index in [0.29, 0.717) is 5.56 Å². The van der Waals surface area contributed by atoms with Gasteiger partial charge in [0.2, 0.25) is 0 Å². The fourth-order valence-electron chi connectivity index (χ4n) is 2.41. The average Bonchev–Trinajstić information content (AvgIpc) is 2.55. The molecule has 0 aliphatic heterocycles. The van der Waals surface area contributed by atoms with Gasteiger partial charge in [0, 0.05) is 16.6 Å². The number of carbonyl (C=O) groups excluding carboxylic acids is 1. The molecule has 0 aromatic heterocycles. The minimum atomic E-state index is -0.0372. The number of rotatable bonds is 2. The van der Waals surface area contributed by atoms with Gasteiger partial charge in [-0.15, -0.1) is 0 Å². The first-order valence-electron chi connectivity index (χ1n) is 6.49. The van der Waals surface area contributed by atoms with Crippen LogP contribution in [-0.2, 0) is 0 Å². The maximum Gasteiger partial charge on any atom is 0.252 e. The van der Waals surface area contributed by atoms with Crippen LogP contribution in [0.5, 0.6) is 0 Å². The zero-order valence-electron chi connectivity index (χ0n) is 10.4. The van der Waals surface area contributed by atoms with Gasteiger partial charge in [0.1, 0.15) is 0 Å². The third kappa shape index (κ3) is 3.33. The summed E-state index contributed by atoms with van der Waals surface area (Å²) < 4.78 is 0.824. The minimum absolute atomic E-state index is 0.0372. The van der Waals surface area contributed by atoms with E-state index in [2.05, 4.69) is 21.2 Å². The Hall–Kier alpha value is -0.870. The zero-order valence-corrected chi connectivity index (χ0v) is 11.9. The molecule has 1 aromatic carbocycles. The zero-order chi connectivity index (χ0) is 13.0. The summed E-state index contributed by atoms with van der Waals surface area (Å²) in [6.07, 6.45) is 5.52. The highest BCUT2D eigenvalue weighted by Gasteiger charge is 2.22. The van der Waals surface area contributed by atoms with Crippen molar-refractivity contribution in [3.05, 3.63) is 34.3 Å². The lowest BCUT2D eigenvalue weighted by molar-refractivity contribution is 0.0928. The van der Waals surface area contributed by atoms with Crippen molar-refractivity contribution in [1.29, 1.82) is 0 Å². The molecule has 1 amide bonds. The number of amides is 1. The molecule has 1 fully saturated rings. The van der Waals surface area contributed by atoms with E-state index >= 15 is 0 Å². The second kappa shape index (κ2) is 6.34. The molecule has 1 aromatic rings. The first kappa shape index (κ1) is 13.6. The maximum absolute atomic E-state index is 12.2. The smallest absolute Gasteiger partial charge is 0.252 e. The van der Waals surface area contributed by atoms with Crippen molar-refractivity contribution in [2.45, 2.75) is 44.2 Å². The lowest BCUT2D eigenvalue weighted by Crippen LogP contribution is -2.47. The van der Waals surface area contributed by atoms with Crippen LogP contribution < -0.4 is 11.1 Å². The third-order valence-corrected chi connectivity index (χ3v) is 4.20. The maximum atomic E-state index is 12.2. The van der Waals surface area contributed by atoms with E-state index in [1.807, 2.05) is 24.3 Å². The Labute approximate surface area is 116 Å². The number of halogens is 1. The summed E-state index contributed by atoms with van der Waals surface area (Å²) in [5.41, 5.74) is 6.79. The standard InChI is InChI=1S/C14H19BrN2O/c15-11-7-5-4-6-10(11)14(18)17-13-9-3-1-2-8-12(13)16/h4-7,12-13H,1-3,8-9,16H2,(H,17,18). The van der Waals surface area contributed by atoms with Crippen LogP contribution in [0.15, 0.2) is 28.7 Å². The predicted octanol–water partition coefficient (Wildman–Crippen LogP) is 2.84. The van der Waals surface area contributed by atoms with Gasteiger partial charge in [-0.2, -0.15) is 0 Å². The van der Waals surface area contributed by atoms with Gasteiger partial charge in [-0.1, -0.05) is 31.4 Å². The summed E-state index contributed by atoms with van der Waals surface area (Å²) in [5.74, 6) is -0.0372. The SMILES string of the molecule is NC1CCCCCC1NC(=O)c1ccccc1Br. The van der Waals surface area contributed by atoms with Crippen molar-refractivity contribution in [2.75, 3.05) is 0 Å². The normalized spacial score (nSPS) is 24.3. The molecule has 2 atom stereocenters. The molecule has 0 radical (unpaired) electrons. The van der Waals surface area contributed by atoms with Crippen LogP contribution in [0.1, 0.15) is 42.5 Å².